The zero-order valence-corrected chi connectivity index (χ0v) is 10.0. The molecule has 0 spiro atoms. The minimum absolute atomic E-state index is 0.389. The molecule has 0 aliphatic heterocycles. The summed E-state index contributed by atoms with van der Waals surface area (Å²) >= 11 is 0. The lowest BCUT2D eigenvalue weighted by Crippen LogP contribution is -2.33. The van der Waals surface area contributed by atoms with Crippen LogP contribution in [0.1, 0.15) is 20.8 Å². The molecule has 0 rings (SSSR count). The Morgan fingerprint density at radius 3 is 2.14 bits per heavy atom. The molecule has 5 nitrogen and oxygen atoms in total. The van der Waals surface area contributed by atoms with Crippen LogP contribution in [0.5, 0.6) is 0 Å². The third kappa shape index (κ3) is 5.54. The average molecular weight is 225 g/mol. The van der Waals surface area contributed by atoms with Crippen molar-refractivity contribution in [1.29, 1.82) is 0 Å². The predicted molar refractivity (Wildman–Crippen MR) is 54.3 cm³/mol. The number of hydrogen-bond donors (Lipinski definition) is 0. The van der Waals surface area contributed by atoms with Gasteiger partial charge in [0.15, 0.2) is 0 Å². The molecule has 14 heavy (non-hydrogen) atoms. The van der Waals surface area contributed by atoms with Crippen LogP contribution in [-0.4, -0.2) is 46.2 Å². The summed E-state index contributed by atoms with van der Waals surface area (Å²) in [7, 11) is -2.72. The number of nitrogens with zero attached hydrogens (tertiary/aromatic N) is 1. The number of hydrogen-bond acceptors (Lipinski definition) is 5. The summed E-state index contributed by atoms with van der Waals surface area (Å²) in [5, 5.41) is 0. The Bertz CT molecular complexity index is 236. The Morgan fingerprint density at radius 2 is 1.79 bits per heavy atom. The van der Waals surface area contributed by atoms with Gasteiger partial charge in [0.1, 0.15) is 0 Å². The highest BCUT2D eigenvalue weighted by Gasteiger charge is 2.16. The van der Waals surface area contributed by atoms with E-state index in [9.17, 15) is 8.42 Å². The molecule has 0 saturated carbocycles. The summed E-state index contributed by atoms with van der Waals surface area (Å²) in [6.07, 6.45) is -0.389. The summed E-state index contributed by atoms with van der Waals surface area (Å²) in [5.74, 6) is 0. The van der Waals surface area contributed by atoms with E-state index < -0.39 is 10.4 Å². The maximum Gasteiger partial charge on any atom is 0.399 e. The van der Waals surface area contributed by atoms with Gasteiger partial charge >= 0.3 is 10.4 Å². The van der Waals surface area contributed by atoms with Crippen molar-refractivity contribution in [3.8, 4) is 0 Å². The van der Waals surface area contributed by atoms with Gasteiger partial charge in [-0.2, -0.15) is 8.42 Å². The van der Waals surface area contributed by atoms with Crippen molar-refractivity contribution in [2.45, 2.75) is 26.9 Å². The Balaban J connectivity index is 4.03. The minimum atomic E-state index is -3.81. The number of rotatable bonds is 7. The van der Waals surface area contributed by atoms with Crippen molar-refractivity contribution in [3.05, 3.63) is 0 Å². The van der Waals surface area contributed by atoms with Crippen molar-refractivity contribution < 1.29 is 16.8 Å². The zero-order valence-electron chi connectivity index (χ0n) is 9.19. The summed E-state index contributed by atoms with van der Waals surface area (Å²) in [5.41, 5.74) is 0. The molecule has 6 heteroatoms. The van der Waals surface area contributed by atoms with Gasteiger partial charge in [0.2, 0.25) is 0 Å². The van der Waals surface area contributed by atoms with Crippen LogP contribution < -0.4 is 0 Å². The third-order valence-corrected chi connectivity index (χ3v) is 2.87. The van der Waals surface area contributed by atoms with Crippen LogP contribution in [0.2, 0.25) is 0 Å². The molecular weight excluding hydrogens is 206 g/mol. The molecule has 86 valence electrons. The highest BCUT2D eigenvalue weighted by Crippen LogP contribution is 2.02. The lowest BCUT2D eigenvalue weighted by Gasteiger charge is -2.21. The van der Waals surface area contributed by atoms with Crippen LogP contribution in [-0.2, 0) is 18.8 Å². The predicted octanol–water partition coefficient (Wildman–Crippen LogP) is 0.625. The minimum Gasteiger partial charge on any atom is -0.301 e. The first-order valence-electron chi connectivity index (χ1n) is 4.66. The maximum atomic E-state index is 10.9. The van der Waals surface area contributed by atoms with E-state index in [0.717, 1.165) is 20.2 Å². The summed E-state index contributed by atoms with van der Waals surface area (Å²) in [6.45, 7) is 8.06. The molecule has 0 aromatic heterocycles. The number of likely N-dealkylation sites (N-methyl/N-ethyl adjacent to an activating group) is 1. The quantitative estimate of drug-likeness (QED) is 0.636. The smallest absolute Gasteiger partial charge is 0.301 e. The molecule has 0 saturated heterocycles. The van der Waals surface area contributed by atoms with E-state index in [2.05, 4.69) is 9.08 Å². The van der Waals surface area contributed by atoms with E-state index in [1.165, 1.54) is 0 Å². The third-order valence-electron chi connectivity index (χ3n) is 1.90. The van der Waals surface area contributed by atoms with E-state index in [-0.39, 0.29) is 6.10 Å². The highest BCUT2D eigenvalue weighted by atomic mass is 32.3. The van der Waals surface area contributed by atoms with Crippen molar-refractivity contribution in [2.75, 3.05) is 26.7 Å². The van der Waals surface area contributed by atoms with Gasteiger partial charge in [-0.3, -0.25) is 4.18 Å². The second kappa shape index (κ2) is 6.34. The van der Waals surface area contributed by atoms with Crippen LogP contribution in [0.4, 0.5) is 0 Å². The lowest BCUT2D eigenvalue weighted by molar-refractivity contribution is 0.136. The molecular formula is C8H19NO4S. The largest absolute Gasteiger partial charge is 0.399 e. The van der Waals surface area contributed by atoms with Gasteiger partial charge in [0.05, 0.1) is 13.2 Å². The standard InChI is InChI=1S/C8H19NO4S/c1-5-9(6-2)7-8(3)13-14(10,11)12-4/h8H,5-7H2,1-4H3. The summed E-state index contributed by atoms with van der Waals surface area (Å²) in [4.78, 5) is 2.08. The first-order valence-corrected chi connectivity index (χ1v) is 5.99. The van der Waals surface area contributed by atoms with E-state index >= 15 is 0 Å². The van der Waals surface area contributed by atoms with Gasteiger partial charge in [0, 0.05) is 6.54 Å². The second-order valence-corrected chi connectivity index (χ2v) is 4.31. The van der Waals surface area contributed by atoms with Gasteiger partial charge < -0.3 is 4.90 Å². The molecule has 0 aliphatic rings. The molecule has 0 radical (unpaired) electrons. The first kappa shape index (κ1) is 13.8. The van der Waals surface area contributed by atoms with E-state index in [1.807, 2.05) is 13.8 Å². The van der Waals surface area contributed by atoms with Crippen molar-refractivity contribution in [1.82, 2.24) is 4.90 Å². The van der Waals surface area contributed by atoms with Crippen molar-refractivity contribution in [2.24, 2.45) is 0 Å². The van der Waals surface area contributed by atoms with Crippen LogP contribution in [0.15, 0.2) is 0 Å². The van der Waals surface area contributed by atoms with E-state index in [4.69, 9.17) is 4.18 Å². The molecule has 0 amide bonds. The van der Waals surface area contributed by atoms with Gasteiger partial charge in [-0.1, -0.05) is 13.8 Å². The molecule has 1 unspecified atom stereocenters. The van der Waals surface area contributed by atoms with E-state index in [1.54, 1.807) is 6.92 Å². The normalized spacial score (nSPS) is 14.6. The fraction of sp³-hybridized carbons (Fsp3) is 1.00. The highest BCUT2D eigenvalue weighted by molar-refractivity contribution is 7.81. The molecule has 0 aromatic carbocycles. The zero-order chi connectivity index (χ0) is 11.2. The Hall–Kier alpha value is -0.170. The molecule has 0 aliphatic carbocycles. The fourth-order valence-corrected chi connectivity index (χ4v) is 1.66. The van der Waals surface area contributed by atoms with Gasteiger partial charge in [-0.15, -0.1) is 0 Å². The SMILES string of the molecule is CCN(CC)CC(C)OS(=O)(=O)OC. The van der Waals surface area contributed by atoms with Gasteiger partial charge in [-0.05, 0) is 20.0 Å². The topological polar surface area (TPSA) is 55.8 Å². The Labute approximate surface area is 86.3 Å². The van der Waals surface area contributed by atoms with Gasteiger partial charge in [0.25, 0.3) is 0 Å². The first-order chi connectivity index (χ1) is 6.45. The summed E-state index contributed by atoms with van der Waals surface area (Å²) < 4.78 is 30.7. The second-order valence-electron chi connectivity index (χ2n) is 2.97. The molecule has 0 N–H and O–H groups in total. The molecule has 1 atom stereocenters. The molecule has 0 aromatic rings. The van der Waals surface area contributed by atoms with Crippen LogP contribution in [0.25, 0.3) is 0 Å². The van der Waals surface area contributed by atoms with Gasteiger partial charge in [-0.25, -0.2) is 4.18 Å². The van der Waals surface area contributed by atoms with Crippen LogP contribution in [0, 0.1) is 0 Å². The Morgan fingerprint density at radius 1 is 1.29 bits per heavy atom. The van der Waals surface area contributed by atoms with E-state index in [0.29, 0.717) is 6.54 Å². The maximum absolute atomic E-state index is 10.9. The van der Waals surface area contributed by atoms with Crippen molar-refractivity contribution in [3.63, 3.8) is 0 Å². The Kier molecular flexibility index (Phi) is 6.26. The van der Waals surface area contributed by atoms with Crippen LogP contribution in [0.3, 0.4) is 0 Å². The fourth-order valence-electron chi connectivity index (χ4n) is 1.12. The summed E-state index contributed by atoms with van der Waals surface area (Å²) in [6, 6.07) is 0. The van der Waals surface area contributed by atoms with Crippen molar-refractivity contribution >= 4 is 10.4 Å². The molecule has 0 fully saturated rings. The molecule has 0 bridgehead atoms. The average Bonchev–Trinajstić information content (AvgIpc) is 2.13. The monoisotopic (exact) mass is 225 g/mol. The lowest BCUT2D eigenvalue weighted by atomic mass is 10.3. The molecule has 0 heterocycles. The van der Waals surface area contributed by atoms with Crippen LogP contribution >= 0.6 is 0 Å².